The van der Waals surface area contributed by atoms with E-state index in [1.807, 2.05) is 45.7 Å². The molecule has 0 amide bonds. The molecule has 1 N–H and O–H groups in total. The molecule has 0 saturated heterocycles. The van der Waals surface area contributed by atoms with Crippen LogP contribution in [0.1, 0.15) is 0 Å². The number of imidazole rings is 1. The summed E-state index contributed by atoms with van der Waals surface area (Å²) in [6.45, 7) is 1.57. The molecule has 0 aliphatic heterocycles. The third kappa shape index (κ3) is 2.48. The standard InChI is InChI=1S/C13H13N5S/c19-13-16-15-12(11-4-2-1-3-5-11)18(13)9-8-17-7-6-14-10-17/h1-7,10H,8-9H2,(H,16,19). The van der Waals surface area contributed by atoms with Crippen molar-refractivity contribution >= 4 is 12.2 Å². The fourth-order valence-electron chi connectivity index (χ4n) is 1.97. The molecule has 0 spiro atoms. The van der Waals surface area contributed by atoms with Crippen LogP contribution in [-0.2, 0) is 13.1 Å². The molecule has 1 aromatic carbocycles. The molecule has 0 aliphatic carbocycles. The van der Waals surface area contributed by atoms with Gasteiger partial charge < -0.3 is 4.57 Å². The van der Waals surface area contributed by atoms with Crippen LogP contribution in [0.5, 0.6) is 0 Å². The lowest BCUT2D eigenvalue weighted by Gasteiger charge is -2.07. The molecular formula is C13H13N5S. The first kappa shape index (κ1) is 11.9. The number of nitrogens with one attached hydrogen (secondary N) is 1. The predicted molar refractivity (Wildman–Crippen MR) is 75.1 cm³/mol. The maximum Gasteiger partial charge on any atom is 0.195 e. The molecule has 0 aliphatic rings. The fourth-order valence-corrected chi connectivity index (χ4v) is 2.19. The first-order chi connectivity index (χ1) is 9.34. The van der Waals surface area contributed by atoms with Gasteiger partial charge in [-0.25, -0.2) is 4.98 Å². The number of H-pyrrole nitrogens is 1. The number of nitrogens with zero attached hydrogens (tertiary/aromatic N) is 4. The molecule has 5 nitrogen and oxygen atoms in total. The van der Waals surface area contributed by atoms with E-state index in [2.05, 4.69) is 15.2 Å². The zero-order chi connectivity index (χ0) is 13.1. The van der Waals surface area contributed by atoms with E-state index >= 15 is 0 Å². The molecule has 0 radical (unpaired) electrons. The quantitative estimate of drug-likeness (QED) is 0.742. The normalized spacial score (nSPS) is 10.7. The smallest absolute Gasteiger partial charge is 0.195 e. The third-order valence-corrected chi connectivity index (χ3v) is 3.24. The summed E-state index contributed by atoms with van der Waals surface area (Å²) in [4.78, 5) is 4.03. The highest BCUT2D eigenvalue weighted by atomic mass is 32.1. The summed E-state index contributed by atoms with van der Waals surface area (Å²) in [5.74, 6) is 0.866. The second-order valence-corrected chi connectivity index (χ2v) is 4.56. The number of aryl methyl sites for hydroxylation is 1. The number of aromatic nitrogens is 5. The lowest BCUT2D eigenvalue weighted by atomic mass is 10.2. The van der Waals surface area contributed by atoms with E-state index in [0.717, 1.165) is 24.5 Å². The number of aromatic amines is 1. The van der Waals surface area contributed by atoms with Crippen molar-refractivity contribution in [3.05, 3.63) is 53.8 Å². The maximum atomic E-state index is 5.29. The first-order valence-corrected chi connectivity index (χ1v) is 6.42. The summed E-state index contributed by atoms with van der Waals surface area (Å²) in [7, 11) is 0. The van der Waals surface area contributed by atoms with Gasteiger partial charge >= 0.3 is 0 Å². The summed E-state index contributed by atoms with van der Waals surface area (Å²) in [5, 5.41) is 7.16. The van der Waals surface area contributed by atoms with Gasteiger partial charge in [0.25, 0.3) is 0 Å². The van der Waals surface area contributed by atoms with Crippen LogP contribution in [-0.4, -0.2) is 24.3 Å². The van der Waals surface area contributed by atoms with Crippen molar-refractivity contribution in [2.24, 2.45) is 0 Å². The van der Waals surface area contributed by atoms with E-state index in [9.17, 15) is 0 Å². The molecule has 2 aromatic heterocycles. The van der Waals surface area contributed by atoms with E-state index in [4.69, 9.17) is 12.2 Å². The molecule has 3 rings (SSSR count). The van der Waals surface area contributed by atoms with Gasteiger partial charge in [-0.3, -0.25) is 9.67 Å². The highest BCUT2D eigenvalue weighted by Gasteiger charge is 2.07. The summed E-state index contributed by atoms with van der Waals surface area (Å²) in [6, 6.07) is 10.0. The van der Waals surface area contributed by atoms with Crippen LogP contribution in [0.3, 0.4) is 0 Å². The van der Waals surface area contributed by atoms with E-state index in [1.54, 1.807) is 12.5 Å². The van der Waals surface area contributed by atoms with Crippen molar-refractivity contribution in [3.8, 4) is 11.4 Å². The number of rotatable bonds is 4. The average Bonchev–Trinajstić information content (AvgIpc) is 3.07. The first-order valence-electron chi connectivity index (χ1n) is 6.01. The Hall–Kier alpha value is -2.21. The van der Waals surface area contributed by atoms with Crippen molar-refractivity contribution in [2.75, 3.05) is 0 Å². The van der Waals surface area contributed by atoms with E-state index in [1.165, 1.54) is 0 Å². The highest BCUT2D eigenvalue weighted by Crippen LogP contribution is 2.16. The molecule has 0 bridgehead atoms. The third-order valence-electron chi connectivity index (χ3n) is 2.93. The molecule has 0 atom stereocenters. The predicted octanol–water partition coefficient (Wildman–Crippen LogP) is 2.50. The molecule has 2 heterocycles. The average molecular weight is 271 g/mol. The van der Waals surface area contributed by atoms with Gasteiger partial charge in [0.2, 0.25) is 0 Å². The van der Waals surface area contributed by atoms with Crippen molar-refractivity contribution < 1.29 is 0 Å². The van der Waals surface area contributed by atoms with E-state index < -0.39 is 0 Å². The molecule has 0 fully saturated rings. The van der Waals surface area contributed by atoms with Crippen molar-refractivity contribution in [2.45, 2.75) is 13.1 Å². The van der Waals surface area contributed by atoms with Crippen LogP contribution < -0.4 is 0 Å². The number of benzene rings is 1. The lowest BCUT2D eigenvalue weighted by molar-refractivity contribution is 0.576. The van der Waals surface area contributed by atoms with Gasteiger partial charge in [0.05, 0.1) is 6.33 Å². The minimum Gasteiger partial charge on any atom is -0.336 e. The molecule has 6 heteroatoms. The monoisotopic (exact) mass is 271 g/mol. The molecule has 0 unspecified atom stereocenters. The summed E-state index contributed by atoms with van der Waals surface area (Å²) < 4.78 is 4.66. The Morgan fingerprint density at radius 2 is 2.00 bits per heavy atom. The van der Waals surface area contributed by atoms with Gasteiger partial charge in [-0.2, -0.15) is 5.10 Å². The SMILES string of the molecule is S=c1[nH]nc(-c2ccccc2)n1CCn1ccnc1. The van der Waals surface area contributed by atoms with Crippen molar-refractivity contribution in [1.29, 1.82) is 0 Å². The van der Waals surface area contributed by atoms with Gasteiger partial charge in [0.1, 0.15) is 0 Å². The van der Waals surface area contributed by atoms with Crippen LogP contribution in [0.2, 0.25) is 0 Å². The van der Waals surface area contributed by atoms with Crippen LogP contribution >= 0.6 is 12.2 Å². The number of hydrogen-bond acceptors (Lipinski definition) is 3. The Balaban J connectivity index is 1.89. The van der Waals surface area contributed by atoms with Crippen LogP contribution in [0, 0.1) is 4.77 Å². The second kappa shape index (κ2) is 5.19. The van der Waals surface area contributed by atoms with Crippen LogP contribution in [0.15, 0.2) is 49.1 Å². The Morgan fingerprint density at radius 1 is 1.16 bits per heavy atom. The minimum atomic E-state index is 0.638. The van der Waals surface area contributed by atoms with Gasteiger partial charge in [-0.1, -0.05) is 30.3 Å². The summed E-state index contributed by atoms with van der Waals surface area (Å²) in [6.07, 6.45) is 5.50. The maximum absolute atomic E-state index is 5.29. The largest absolute Gasteiger partial charge is 0.336 e. The van der Waals surface area contributed by atoms with Gasteiger partial charge in [0.15, 0.2) is 10.6 Å². The fraction of sp³-hybridized carbons (Fsp3) is 0.154. The zero-order valence-electron chi connectivity index (χ0n) is 10.2. The Bertz CT molecular complexity index is 696. The Kier molecular flexibility index (Phi) is 3.24. The highest BCUT2D eigenvalue weighted by molar-refractivity contribution is 7.71. The molecule has 0 saturated carbocycles. The number of hydrogen-bond donors (Lipinski definition) is 1. The van der Waals surface area contributed by atoms with E-state index in [-0.39, 0.29) is 0 Å². The topological polar surface area (TPSA) is 51.4 Å². The van der Waals surface area contributed by atoms with Gasteiger partial charge in [0, 0.05) is 31.0 Å². The molecule has 19 heavy (non-hydrogen) atoms. The summed E-state index contributed by atoms with van der Waals surface area (Å²) in [5.41, 5.74) is 1.06. The van der Waals surface area contributed by atoms with Gasteiger partial charge in [-0.05, 0) is 12.2 Å². The molecular weight excluding hydrogens is 258 g/mol. The Labute approximate surface area is 115 Å². The lowest BCUT2D eigenvalue weighted by Crippen LogP contribution is -2.07. The minimum absolute atomic E-state index is 0.638. The van der Waals surface area contributed by atoms with Crippen molar-refractivity contribution in [1.82, 2.24) is 24.3 Å². The summed E-state index contributed by atoms with van der Waals surface area (Å²) >= 11 is 5.29. The Morgan fingerprint density at radius 3 is 2.74 bits per heavy atom. The van der Waals surface area contributed by atoms with Gasteiger partial charge in [-0.15, -0.1) is 0 Å². The molecule has 3 aromatic rings. The second-order valence-electron chi connectivity index (χ2n) is 4.17. The zero-order valence-corrected chi connectivity index (χ0v) is 11.0. The van der Waals surface area contributed by atoms with Crippen LogP contribution in [0.25, 0.3) is 11.4 Å². The van der Waals surface area contributed by atoms with E-state index in [0.29, 0.717) is 4.77 Å². The molecule has 96 valence electrons. The van der Waals surface area contributed by atoms with Crippen LogP contribution in [0.4, 0.5) is 0 Å². The van der Waals surface area contributed by atoms with Crippen molar-refractivity contribution in [3.63, 3.8) is 0 Å².